The molecule has 0 radical (unpaired) electrons. The van der Waals surface area contributed by atoms with Crippen molar-refractivity contribution in [2.75, 3.05) is 7.11 Å². The molecule has 15 heavy (non-hydrogen) atoms. The summed E-state index contributed by atoms with van der Waals surface area (Å²) in [6, 6.07) is 4.61. The largest absolute Gasteiger partial charge is 0.497 e. The van der Waals surface area contributed by atoms with E-state index in [-0.39, 0.29) is 6.42 Å². The van der Waals surface area contributed by atoms with Gasteiger partial charge in [-0.1, -0.05) is 12.1 Å². The van der Waals surface area contributed by atoms with E-state index in [9.17, 15) is 13.2 Å². The van der Waals surface area contributed by atoms with Gasteiger partial charge in [0.25, 0.3) is 0 Å². The van der Waals surface area contributed by atoms with Gasteiger partial charge in [-0.3, -0.25) is 0 Å². The average Bonchev–Trinajstić information content (AvgIpc) is 2.16. The maximum absolute atomic E-state index is 12.2. The predicted molar refractivity (Wildman–Crippen MR) is 50.7 cm³/mol. The standard InChI is InChI=1S/C10H12F3NO/c1-15-8-4-2-3-7(5-8)6-9(14)10(11,12)13/h2-5,9H,6,14H2,1H3/t9-/m1/s1. The van der Waals surface area contributed by atoms with Crippen LogP contribution < -0.4 is 10.5 Å². The van der Waals surface area contributed by atoms with Crippen molar-refractivity contribution < 1.29 is 17.9 Å². The van der Waals surface area contributed by atoms with Gasteiger partial charge in [0.15, 0.2) is 0 Å². The molecule has 0 spiro atoms. The molecular weight excluding hydrogens is 207 g/mol. The Hall–Kier alpha value is -1.23. The SMILES string of the molecule is COc1cccc(C[C@@H](N)C(F)(F)F)c1. The fraction of sp³-hybridized carbons (Fsp3) is 0.400. The number of halogens is 3. The highest BCUT2D eigenvalue weighted by Gasteiger charge is 2.36. The van der Waals surface area contributed by atoms with Gasteiger partial charge in [0, 0.05) is 0 Å². The molecule has 0 aliphatic rings. The van der Waals surface area contributed by atoms with Crippen molar-refractivity contribution >= 4 is 0 Å². The topological polar surface area (TPSA) is 35.2 Å². The highest BCUT2D eigenvalue weighted by molar-refractivity contribution is 5.29. The van der Waals surface area contributed by atoms with Crippen molar-refractivity contribution in [3.05, 3.63) is 29.8 Å². The molecule has 0 aromatic heterocycles. The van der Waals surface area contributed by atoms with E-state index in [1.807, 2.05) is 0 Å². The Morgan fingerprint density at radius 3 is 2.60 bits per heavy atom. The third kappa shape index (κ3) is 3.43. The van der Waals surface area contributed by atoms with Crippen LogP contribution in [0.5, 0.6) is 5.75 Å². The Kier molecular flexibility index (Phi) is 3.57. The lowest BCUT2D eigenvalue weighted by atomic mass is 10.1. The molecule has 0 saturated carbocycles. The number of rotatable bonds is 3. The molecule has 2 nitrogen and oxygen atoms in total. The lowest BCUT2D eigenvalue weighted by Crippen LogP contribution is -2.39. The maximum Gasteiger partial charge on any atom is 0.403 e. The molecule has 0 amide bonds. The second kappa shape index (κ2) is 4.53. The molecule has 1 rings (SSSR count). The number of hydrogen-bond acceptors (Lipinski definition) is 2. The van der Waals surface area contributed by atoms with Gasteiger partial charge in [-0.2, -0.15) is 13.2 Å². The molecule has 5 heteroatoms. The zero-order chi connectivity index (χ0) is 11.5. The van der Waals surface area contributed by atoms with E-state index in [4.69, 9.17) is 10.5 Å². The molecule has 0 aliphatic heterocycles. The zero-order valence-corrected chi connectivity index (χ0v) is 8.21. The average molecular weight is 219 g/mol. The van der Waals surface area contributed by atoms with E-state index < -0.39 is 12.2 Å². The first-order valence-electron chi connectivity index (χ1n) is 4.38. The van der Waals surface area contributed by atoms with E-state index in [1.165, 1.54) is 7.11 Å². The third-order valence-corrected chi connectivity index (χ3v) is 2.01. The Labute approximate surface area is 85.8 Å². The van der Waals surface area contributed by atoms with Crippen LogP contribution in [0.2, 0.25) is 0 Å². The maximum atomic E-state index is 12.2. The van der Waals surface area contributed by atoms with E-state index in [0.29, 0.717) is 11.3 Å². The Balaban J connectivity index is 2.72. The fourth-order valence-corrected chi connectivity index (χ4v) is 1.17. The number of alkyl halides is 3. The molecule has 0 aliphatic carbocycles. The summed E-state index contributed by atoms with van der Waals surface area (Å²) in [6.07, 6.45) is -4.59. The fourth-order valence-electron chi connectivity index (χ4n) is 1.17. The van der Waals surface area contributed by atoms with Crippen LogP contribution in [-0.2, 0) is 6.42 Å². The first kappa shape index (κ1) is 11.8. The van der Waals surface area contributed by atoms with Crippen molar-refractivity contribution in [3.8, 4) is 5.75 Å². The molecule has 2 N–H and O–H groups in total. The highest BCUT2D eigenvalue weighted by atomic mass is 19.4. The quantitative estimate of drug-likeness (QED) is 0.845. The van der Waals surface area contributed by atoms with E-state index in [1.54, 1.807) is 24.3 Å². The summed E-state index contributed by atoms with van der Waals surface area (Å²) >= 11 is 0. The summed E-state index contributed by atoms with van der Waals surface area (Å²) in [4.78, 5) is 0. The Morgan fingerprint density at radius 2 is 2.07 bits per heavy atom. The van der Waals surface area contributed by atoms with Crippen molar-refractivity contribution in [3.63, 3.8) is 0 Å². The minimum absolute atomic E-state index is 0.235. The van der Waals surface area contributed by atoms with Crippen LogP contribution in [0.25, 0.3) is 0 Å². The van der Waals surface area contributed by atoms with Gasteiger partial charge in [0.2, 0.25) is 0 Å². The molecular formula is C10H12F3NO. The van der Waals surface area contributed by atoms with Gasteiger partial charge in [-0.25, -0.2) is 0 Å². The van der Waals surface area contributed by atoms with Crippen LogP contribution in [0, 0.1) is 0 Å². The van der Waals surface area contributed by atoms with Crippen LogP contribution in [0.3, 0.4) is 0 Å². The van der Waals surface area contributed by atoms with Crippen molar-refractivity contribution in [1.29, 1.82) is 0 Å². The van der Waals surface area contributed by atoms with Crippen LogP contribution in [0.1, 0.15) is 5.56 Å². The summed E-state index contributed by atoms with van der Waals surface area (Å²) in [5.74, 6) is 0.530. The lowest BCUT2D eigenvalue weighted by Gasteiger charge is -2.15. The summed E-state index contributed by atoms with van der Waals surface area (Å²) in [6.45, 7) is 0. The second-order valence-electron chi connectivity index (χ2n) is 3.20. The van der Waals surface area contributed by atoms with Crippen LogP contribution in [-0.4, -0.2) is 19.3 Å². The van der Waals surface area contributed by atoms with E-state index in [0.717, 1.165) is 0 Å². The van der Waals surface area contributed by atoms with Gasteiger partial charge >= 0.3 is 6.18 Å². The number of benzene rings is 1. The molecule has 0 bridgehead atoms. The monoisotopic (exact) mass is 219 g/mol. The first-order chi connectivity index (χ1) is 6.93. The Morgan fingerprint density at radius 1 is 1.40 bits per heavy atom. The van der Waals surface area contributed by atoms with Crippen molar-refractivity contribution in [2.45, 2.75) is 18.6 Å². The van der Waals surface area contributed by atoms with Crippen molar-refractivity contribution in [1.82, 2.24) is 0 Å². The molecule has 84 valence electrons. The number of hydrogen-bond donors (Lipinski definition) is 1. The number of nitrogens with two attached hydrogens (primary N) is 1. The lowest BCUT2D eigenvalue weighted by molar-refractivity contribution is -0.147. The third-order valence-electron chi connectivity index (χ3n) is 2.01. The minimum Gasteiger partial charge on any atom is -0.497 e. The van der Waals surface area contributed by atoms with Gasteiger partial charge in [-0.15, -0.1) is 0 Å². The first-order valence-corrected chi connectivity index (χ1v) is 4.38. The molecule has 1 atom stereocenters. The summed E-state index contributed by atoms with van der Waals surface area (Å²) in [5.41, 5.74) is 5.52. The molecule has 0 fully saturated rings. The minimum atomic E-state index is -4.36. The summed E-state index contributed by atoms with van der Waals surface area (Å²) in [7, 11) is 1.46. The normalized spacial score (nSPS) is 13.7. The van der Waals surface area contributed by atoms with Crippen LogP contribution >= 0.6 is 0 Å². The van der Waals surface area contributed by atoms with Gasteiger partial charge in [0.1, 0.15) is 11.8 Å². The number of ether oxygens (including phenoxy) is 1. The van der Waals surface area contributed by atoms with Crippen LogP contribution in [0.15, 0.2) is 24.3 Å². The summed E-state index contributed by atoms with van der Waals surface area (Å²) < 4.78 is 41.4. The van der Waals surface area contributed by atoms with Gasteiger partial charge in [-0.05, 0) is 24.1 Å². The molecule has 0 unspecified atom stereocenters. The van der Waals surface area contributed by atoms with Crippen LogP contribution in [0.4, 0.5) is 13.2 Å². The second-order valence-corrected chi connectivity index (χ2v) is 3.20. The molecule has 0 heterocycles. The molecule has 1 aromatic rings. The zero-order valence-electron chi connectivity index (χ0n) is 8.21. The molecule has 0 saturated heterocycles. The predicted octanol–water partition coefficient (Wildman–Crippen LogP) is 2.13. The highest BCUT2D eigenvalue weighted by Crippen LogP contribution is 2.22. The van der Waals surface area contributed by atoms with E-state index in [2.05, 4.69) is 0 Å². The van der Waals surface area contributed by atoms with Gasteiger partial charge < -0.3 is 10.5 Å². The molecule has 1 aromatic carbocycles. The van der Waals surface area contributed by atoms with Crippen molar-refractivity contribution in [2.24, 2.45) is 5.73 Å². The van der Waals surface area contributed by atoms with E-state index >= 15 is 0 Å². The summed E-state index contributed by atoms with van der Waals surface area (Å²) in [5, 5.41) is 0. The Bertz CT molecular complexity index is 325. The van der Waals surface area contributed by atoms with Gasteiger partial charge in [0.05, 0.1) is 7.11 Å². The smallest absolute Gasteiger partial charge is 0.403 e. The number of methoxy groups -OCH3 is 1.